The number of carbonyl (C=O) groups is 13. The van der Waals surface area contributed by atoms with E-state index in [1.54, 1.807) is 41.5 Å². The number of esters is 3. The molecule has 0 spiro atoms. The zero-order chi connectivity index (χ0) is 73.4. The first-order valence-corrected chi connectivity index (χ1v) is 34.6. The third-order valence-electron chi connectivity index (χ3n) is 17.2. The highest BCUT2D eigenvalue weighted by molar-refractivity contribution is 6.00. The fourth-order valence-corrected chi connectivity index (χ4v) is 12.3. The van der Waals surface area contributed by atoms with Crippen molar-refractivity contribution in [1.29, 1.82) is 0 Å². The Morgan fingerprint density at radius 3 is 1.34 bits per heavy atom. The molecule has 0 radical (unpaired) electrons. The van der Waals surface area contributed by atoms with E-state index in [1.165, 1.54) is 30.6 Å². The lowest BCUT2D eigenvalue weighted by atomic mass is 10.0. The Hall–Kier alpha value is -9.21. The Morgan fingerprint density at radius 2 is 0.950 bits per heavy atom. The number of carbonyl (C=O) groups excluding carboxylic acids is 13. The fourth-order valence-electron chi connectivity index (χ4n) is 12.3. The Labute approximate surface area is 584 Å². The molecule has 548 valence electrons. The lowest BCUT2D eigenvalue weighted by molar-refractivity contribution is -0.156. The van der Waals surface area contributed by atoms with Crippen molar-refractivity contribution >= 4 is 77.4 Å². The van der Waals surface area contributed by atoms with Crippen LogP contribution < -0.4 is 42.5 Å². The van der Waals surface area contributed by atoms with E-state index in [0.29, 0.717) is 51.6 Å². The monoisotopic (exact) mass is 1390 g/mol. The third-order valence-corrected chi connectivity index (χ3v) is 17.2. The minimum absolute atomic E-state index is 0.0104. The van der Waals surface area contributed by atoms with Gasteiger partial charge >= 0.3 is 30.1 Å². The van der Waals surface area contributed by atoms with Crippen molar-refractivity contribution in [2.24, 2.45) is 11.8 Å². The van der Waals surface area contributed by atoms with Crippen molar-refractivity contribution in [3.05, 3.63) is 96.1 Å². The molecule has 4 aliphatic heterocycles. The second-order valence-corrected chi connectivity index (χ2v) is 28.1. The summed E-state index contributed by atoms with van der Waals surface area (Å²) in [4.78, 5) is 167. The van der Waals surface area contributed by atoms with Gasteiger partial charge in [-0.05, 0) is 104 Å². The number of hydrogen-bond acceptors (Lipinski definition) is 18. The number of aliphatic hydroxyl groups is 1. The first-order chi connectivity index (χ1) is 47.3. The quantitative estimate of drug-likeness (QED) is 0.0501. The SMILES string of the molecule is CC(=O)OC(C)=O.CC(=O)O[C@@H]1C[C@H]2C(=O)N[C@]3(C(=O)NCCC(=O)NCc4ccccc4)C[C@H]3/C=C\CCCCC[C@H](NC(=O)OC(C)(C)C)C(=O)N2C1.CC(C)(C)OC(=O)N[C@H]1CCCCC/C=C\[C@@H]2C[C@@]2(C(=O)NCCC(=O)NCc2ccccc2)NC(=O)[C@@H]2C[C@@H](O)CN2C1=O. The highest BCUT2D eigenvalue weighted by Gasteiger charge is 2.62. The predicted octanol–water partition coefficient (Wildman–Crippen LogP) is 4.79. The van der Waals surface area contributed by atoms with Crippen LogP contribution in [0.4, 0.5) is 9.59 Å². The number of nitrogens with zero attached hydrogens (tertiary/aromatic N) is 2. The first kappa shape index (κ1) is 79.8. The Kier molecular flexibility index (Phi) is 29.7. The van der Waals surface area contributed by atoms with Crippen molar-refractivity contribution in [2.75, 3.05) is 26.2 Å². The third kappa shape index (κ3) is 25.8. The summed E-state index contributed by atoms with van der Waals surface area (Å²) in [6.45, 7) is 14.8. The molecule has 10 amide bonds. The Morgan fingerprint density at radius 1 is 0.540 bits per heavy atom. The molecule has 2 aliphatic carbocycles. The van der Waals surface area contributed by atoms with Crippen molar-refractivity contribution in [2.45, 2.75) is 237 Å². The van der Waals surface area contributed by atoms with E-state index in [2.05, 4.69) is 47.3 Å². The molecule has 4 heterocycles. The van der Waals surface area contributed by atoms with Gasteiger partial charge in [-0.15, -0.1) is 0 Å². The molecule has 0 bridgehead atoms. The summed E-state index contributed by atoms with van der Waals surface area (Å²) in [5.41, 5.74) is -2.08. The van der Waals surface area contributed by atoms with E-state index in [0.717, 1.165) is 49.7 Å². The van der Waals surface area contributed by atoms with Crippen molar-refractivity contribution in [3.63, 3.8) is 0 Å². The van der Waals surface area contributed by atoms with Crippen LogP contribution in [0.1, 0.15) is 176 Å². The van der Waals surface area contributed by atoms with Gasteiger partial charge in [-0.3, -0.25) is 52.7 Å². The highest BCUT2D eigenvalue weighted by atomic mass is 16.6. The minimum atomic E-state index is -1.25. The van der Waals surface area contributed by atoms with Crippen LogP contribution in [0.25, 0.3) is 0 Å². The van der Waals surface area contributed by atoms with Gasteiger partial charge in [0.2, 0.25) is 47.3 Å². The van der Waals surface area contributed by atoms with E-state index < -0.39 is 124 Å². The fraction of sp³-hybridized carbons (Fsp3) is 0.597. The first-order valence-electron chi connectivity index (χ1n) is 34.6. The van der Waals surface area contributed by atoms with E-state index in [1.807, 2.05) is 85.0 Å². The van der Waals surface area contributed by atoms with Gasteiger partial charge in [0.05, 0.1) is 12.6 Å². The average molecular weight is 1400 g/mol. The molecule has 10 atom stereocenters. The molecule has 2 saturated heterocycles. The number of ether oxygens (including phenoxy) is 4. The summed E-state index contributed by atoms with van der Waals surface area (Å²) in [6, 6.07) is 15.0. The van der Waals surface area contributed by atoms with Gasteiger partial charge in [0.1, 0.15) is 52.6 Å². The molecular formula is C72H102N10O18. The number of benzene rings is 2. The van der Waals surface area contributed by atoms with Crippen LogP contribution in [0.3, 0.4) is 0 Å². The van der Waals surface area contributed by atoms with Crippen molar-refractivity contribution < 1.29 is 86.4 Å². The predicted molar refractivity (Wildman–Crippen MR) is 365 cm³/mol. The number of hydrogen-bond donors (Lipinski definition) is 9. The second-order valence-electron chi connectivity index (χ2n) is 28.1. The molecule has 28 nitrogen and oxygen atoms in total. The number of aliphatic hydroxyl groups excluding tert-OH is 1. The highest BCUT2D eigenvalue weighted by Crippen LogP contribution is 2.47. The van der Waals surface area contributed by atoms with Crippen LogP contribution in [0, 0.1) is 11.8 Å². The zero-order valence-electron chi connectivity index (χ0n) is 59.0. The summed E-state index contributed by atoms with van der Waals surface area (Å²) < 4.78 is 20.2. The molecule has 2 aromatic rings. The minimum Gasteiger partial charge on any atom is -0.461 e. The maximum Gasteiger partial charge on any atom is 0.408 e. The van der Waals surface area contributed by atoms with E-state index >= 15 is 0 Å². The molecule has 28 heteroatoms. The van der Waals surface area contributed by atoms with Crippen LogP contribution in [-0.2, 0) is 84.8 Å². The molecule has 4 fully saturated rings. The number of allylic oxidation sites excluding steroid dienone is 2. The molecule has 100 heavy (non-hydrogen) atoms. The number of rotatable bonds is 15. The normalized spacial score (nSPS) is 25.9. The smallest absolute Gasteiger partial charge is 0.408 e. The molecule has 2 aromatic carbocycles. The van der Waals surface area contributed by atoms with Crippen LogP contribution >= 0.6 is 0 Å². The van der Waals surface area contributed by atoms with Crippen LogP contribution in [0.15, 0.2) is 85.0 Å². The number of nitrogens with one attached hydrogen (secondary N) is 8. The lowest BCUT2D eigenvalue weighted by Gasteiger charge is -2.30. The van der Waals surface area contributed by atoms with Crippen LogP contribution in [0.2, 0.25) is 0 Å². The van der Waals surface area contributed by atoms with Gasteiger partial charge in [0.25, 0.3) is 0 Å². The summed E-state index contributed by atoms with van der Waals surface area (Å²) in [5.74, 6) is -5.49. The van der Waals surface area contributed by atoms with Crippen LogP contribution in [0.5, 0.6) is 0 Å². The van der Waals surface area contributed by atoms with Gasteiger partial charge in [-0.2, -0.15) is 0 Å². The van der Waals surface area contributed by atoms with Gasteiger partial charge in [-0.1, -0.05) is 111 Å². The molecule has 0 aromatic heterocycles. The van der Waals surface area contributed by atoms with Gasteiger partial charge in [0, 0.05) is 91.0 Å². The second kappa shape index (κ2) is 37.3. The Bertz CT molecular complexity index is 3270. The van der Waals surface area contributed by atoms with Gasteiger partial charge in [0.15, 0.2) is 0 Å². The average Bonchev–Trinajstić information content (AvgIpc) is 1.59. The lowest BCUT2D eigenvalue weighted by Crippen LogP contribution is -2.58. The van der Waals surface area contributed by atoms with E-state index in [-0.39, 0.29) is 75.5 Å². The molecule has 6 aliphatic rings. The Balaban J connectivity index is 0.000000288. The molecule has 0 unspecified atom stereocenters. The topological polar surface area (TPSA) is 382 Å². The number of alkyl carbamates (subject to hydrolysis) is 2. The van der Waals surface area contributed by atoms with Gasteiger partial charge < -0.3 is 76.4 Å². The van der Waals surface area contributed by atoms with Crippen molar-refractivity contribution in [1.82, 2.24) is 52.3 Å². The maximum atomic E-state index is 14.0. The number of amides is 10. The van der Waals surface area contributed by atoms with Gasteiger partial charge in [-0.25, -0.2) is 9.59 Å². The standard InChI is InChI=1S/C35H49N5O8.C33H47N5O7.C4H6O3/c1-23(41)47-26-19-28-30(43)39-35(32(45)36-18-17-29(42)37-21-24-13-9-8-10-14-24)20-25(35)15-11-6-5-7-12-16-27(31(44)40(28)22-26)38-33(46)48-34(2,3)4;1-32(2,3)45-31(44)36-25-15-11-6-4-5-10-14-23-19-33(23,37-28(41)26-18-24(39)21-38(26)29(25)42)30(43)34-17-16-27(40)35-20-22-12-8-7-9-13-22;1-3(5)7-4(2)6/h8-11,13-15,25-28H,5-7,12,16-22H2,1-4H3,(H,36,45)(H,37,42)(H,38,46)(H,39,43);7-10,12-14,23-26,39H,4-6,11,15-21H2,1-3H3,(H,34,43)(H,35,40)(H,36,44)(H,37,41);1-2H3/b15-11-;14-10-;/t25-,26-,27+,28+,35-;23-,24-,25+,26+,33-;/m11./s1. The van der Waals surface area contributed by atoms with Crippen LogP contribution in [-0.4, -0.2) is 177 Å². The summed E-state index contributed by atoms with van der Waals surface area (Å²) in [7, 11) is 0. The molecule has 9 N–H and O–H groups in total. The molecular weight excluding hydrogens is 1290 g/mol. The largest absolute Gasteiger partial charge is 0.461 e. The zero-order valence-corrected chi connectivity index (χ0v) is 59.0. The summed E-state index contributed by atoms with van der Waals surface area (Å²) in [5, 5.41) is 33.0. The number of fused-ring (bicyclic) bond motifs is 4. The summed E-state index contributed by atoms with van der Waals surface area (Å²) in [6.07, 6.45) is 12.5. The summed E-state index contributed by atoms with van der Waals surface area (Å²) >= 11 is 0. The molecule has 8 rings (SSSR count). The van der Waals surface area contributed by atoms with E-state index in [9.17, 15) is 67.4 Å². The molecule has 2 saturated carbocycles. The maximum absolute atomic E-state index is 14.0. The van der Waals surface area contributed by atoms with Crippen molar-refractivity contribution in [3.8, 4) is 0 Å². The van der Waals surface area contributed by atoms with E-state index in [4.69, 9.17) is 14.2 Å².